The van der Waals surface area contributed by atoms with E-state index in [1.807, 2.05) is 24.3 Å². The highest BCUT2D eigenvalue weighted by Gasteiger charge is 2.36. The highest BCUT2D eigenvalue weighted by molar-refractivity contribution is 14.1. The number of amides is 4. The Morgan fingerprint density at radius 3 is 2.34 bits per heavy atom. The Kier molecular flexibility index (Phi) is 7.92. The van der Waals surface area contributed by atoms with Gasteiger partial charge in [0.1, 0.15) is 12.2 Å². The second-order valence-electron chi connectivity index (χ2n) is 7.38. The molecular weight excluding hydrogens is 695 g/mol. The van der Waals surface area contributed by atoms with Crippen LogP contribution in [-0.4, -0.2) is 25.0 Å². The number of hydrogen-bond acceptors (Lipinski definition) is 5. The van der Waals surface area contributed by atoms with E-state index in [0.717, 1.165) is 18.5 Å². The van der Waals surface area contributed by atoms with Gasteiger partial charge in [0.25, 0.3) is 11.8 Å². The van der Waals surface area contributed by atoms with Crippen molar-refractivity contribution < 1.29 is 23.9 Å². The molecule has 35 heavy (non-hydrogen) atoms. The fourth-order valence-electron chi connectivity index (χ4n) is 3.35. The summed E-state index contributed by atoms with van der Waals surface area (Å²) in [5.41, 5.74) is 1.66. The monoisotopic (exact) mass is 710 g/mol. The van der Waals surface area contributed by atoms with E-state index in [9.17, 15) is 14.4 Å². The standard InChI is InChI=1S/C25H17Br2IN2O5/c1-34-21-12-15(11-20(27)22(21)35-13-14-2-6-17(28)7-3-14)10-19-23(31)29-25(33)30(24(19)32)18-8-4-16(26)5-9-18/h2-12H,13H2,1H3,(H,29,31,33)/b19-10+. The minimum absolute atomic E-state index is 0.186. The smallest absolute Gasteiger partial charge is 0.335 e. The van der Waals surface area contributed by atoms with Gasteiger partial charge in [-0.2, -0.15) is 0 Å². The number of rotatable bonds is 6. The zero-order valence-electron chi connectivity index (χ0n) is 18.2. The topological polar surface area (TPSA) is 84.9 Å². The van der Waals surface area contributed by atoms with Gasteiger partial charge in [-0.1, -0.05) is 28.1 Å². The van der Waals surface area contributed by atoms with Crippen molar-refractivity contribution in [3.8, 4) is 11.5 Å². The predicted octanol–water partition coefficient (Wildman–Crippen LogP) is 6.07. The fourth-order valence-corrected chi connectivity index (χ4v) is 4.55. The molecule has 0 radical (unpaired) electrons. The summed E-state index contributed by atoms with van der Waals surface area (Å²) >= 11 is 9.06. The molecule has 1 saturated heterocycles. The van der Waals surface area contributed by atoms with Gasteiger partial charge in [0, 0.05) is 8.04 Å². The van der Waals surface area contributed by atoms with Gasteiger partial charge < -0.3 is 9.47 Å². The molecule has 0 atom stereocenters. The number of hydrogen-bond donors (Lipinski definition) is 1. The van der Waals surface area contributed by atoms with Crippen LogP contribution in [-0.2, 0) is 16.2 Å². The number of urea groups is 1. The molecule has 1 aliphatic rings. The molecule has 7 nitrogen and oxygen atoms in total. The van der Waals surface area contributed by atoms with Gasteiger partial charge in [-0.25, -0.2) is 9.69 Å². The van der Waals surface area contributed by atoms with Gasteiger partial charge in [0.15, 0.2) is 11.5 Å². The molecule has 0 saturated carbocycles. The van der Waals surface area contributed by atoms with Crippen LogP contribution < -0.4 is 19.7 Å². The highest BCUT2D eigenvalue weighted by atomic mass is 127. The Morgan fingerprint density at radius 1 is 1.00 bits per heavy atom. The van der Waals surface area contributed by atoms with Gasteiger partial charge in [0.2, 0.25) is 0 Å². The maximum atomic E-state index is 13.1. The van der Waals surface area contributed by atoms with Crippen LogP contribution in [0.15, 0.2) is 75.2 Å². The van der Waals surface area contributed by atoms with Crippen LogP contribution >= 0.6 is 54.5 Å². The summed E-state index contributed by atoms with van der Waals surface area (Å²) in [6.07, 6.45) is 1.41. The fraction of sp³-hybridized carbons (Fsp3) is 0.0800. The summed E-state index contributed by atoms with van der Waals surface area (Å²) in [7, 11) is 1.50. The van der Waals surface area contributed by atoms with E-state index in [1.54, 1.807) is 36.4 Å². The van der Waals surface area contributed by atoms with E-state index in [4.69, 9.17) is 9.47 Å². The van der Waals surface area contributed by atoms with Gasteiger partial charge in [-0.15, -0.1) is 0 Å². The van der Waals surface area contributed by atoms with E-state index >= 15 is 0 Å². The lowest BCUT2D eigenvalue weighted by Gasteiger charge is -2.26. The van der Waals surface area contributed by atoms with Crippen molar-refractivity contribution >= 4 is 84.1 Å². The number of imide groups is 2. The van der Waals surface area contributed by atoms with Crippen molar-refractivity contribution in [2.24, 2.45) is 0 Å². The van der Waals surface area contributed by atoms with Crippen LogP contribution in [0.2, 0.25) is 0 Å². The summed E-state index contributed by atoms with van der Waals surface area (Å²) in [6, 6.07) is 17.1. The Morgan fingerprint density at radius 2 is 1.69 bits per heavy atom. The molecule has 1 N–H and O–H groups in total. The third-order valence-electron chi connectivity index (χ3n) is 5.05. The Bertz CT molecular complexity index is 1340. The van der Waals surface area contributed by atoms with Crippen molar-refractivity contribution in [1.29, 1.82) is 0 Å². The first-order valence-electron chi connectivity index (χ1n) is 10.2. The molecule has 0 aromatic heterocycles. The van der Waals surface area contributed by atoms with Crippen LogP contribution in [0.3, 0.4) is 0 Å². The molecule has 0 aliphatic carbocycles. The van der Waals surface area contributed by atoms with Crippen LogP contribution in [0, 0.1) is 3.57 Å². The second-order valence-corrected chi connectivity index (χ2v) is 10.4. The number of benzene rings is 3. The molecule has 1 heterocycles. The van der Waals surface area contributed by atoms with Crippen molar-refractivity contribution in [2.45, 2.75) is 6.61 Å². The number of barbiturate groups is 1. The number of ether oxygens (including phenoxy) is 2. The SMILES string of the molecule is COc1cc(/C=C2\C(=O)NC(=O)N(c3ccc(Br)cc3)C2=O)cc(Br)c1OCc1ccc(I)cc1. The van der Waals surface area contributed by atoms with Crippen LogP contribution in [0.5, 0.6) is 11.5 Å². The largest absolute Gasteiger partial charge is 0.493 e. The number of nitrogens with one attached hydrogen (secondary N) is 1. The molecule has 0 unspecified atom stereocenters. The molecule has 10 heteroatoms. The van der Waals surface area contributed by atoms with E-state index < -0.39 is 17.8 Å². The average Bonchev–Trinajstić information content (AvgIpc) is 2.83. The molecule has 0 bridgehead atoms. The number of carbonyl (C=O) groups excluding carboxylic acids is 3. The molecule has 3 aromatic carbocycles. The lowest BCUT2D eigenvalue weighted by atomic mass is 10.1. The van der Waals surface area contributed by atoms with E-state index in [0.29, 0.717) is 33.8 Å². The normalized spacial score (nSPS) is 14.8. The molecule has 1 fully saturated rings. The maximum Gasteiger partial charge on any atom is 0.335 e. The van der Waals surface area contributed by atoms with E-state index in [-0.39, 0.29) is 5.57 Å². The Labute approximate surface area is 231 Å². The van der Waals surface area contributed by atoms with Gasteiger partial charge in [0.05, 0.1) is 17.3 Å². The van der Waals surface area contributed by atoms with E-state index in [2.05, 4.69) is 59.8 Å². The Balaban J connectivity index is 1.63. The van der Waals surface area contributed by atoms with Gasteiger partial charge in [-0.3, -0.25) is 14.9 Å². The molecular formula is C25H17Br2IN2O5. The van der Waals surface area contributed by atoms with Crippen molar-refractivity contribution in [3.63, 3.8) is 0 Å². The predicted molar refractivity (Wildman–Crippen MR) is 147 cm³/mol. The first-order valence-corrected chi connectivity index (χ1v) is 12.8. The third-order valence-corrected chi connectivity index (χ3v) is 6.88. The number of nitrogens with zero attached hydrogens (tertiary/aromatic N) is 1. The first kappa shape index (κ1) is 25.4. The van der Waals surface area contributed by atoms with E-state index in [1.165, 1.54) is 13.2 Å². The van der Waals surface area contributed by atoms with Crippen molar-refractivity contribution in [1.82, 2.24) is 5.32 Å². The van der Waals surface area contributed by atoms with Crippen LogP contribution in [0.4, 0.5) is 10.5 Å². The molecule has 4 rings (SSSR count). The number of methoxy groups -OCH3 is 1. The first-order chi connectivity index (χ1) is 16.8. The summed E-state index contributed by atoms with van der Waals surface area (Å²) in [5.74, 6) is -0.599. The highest BCUT2D eigenvalue weighted by Crippen LogP contribution is 2.38. The summed E-state index contributed by atoms with van der Waals surface area (Å²) in [6.45, 7) is 0.331. The zero-order chi connectivity index (χ0) is 25.1. The van der Waals surface area contributed by atoms with Gasteiger partial charge >= 0.3 is 6.03 Å². The van der Waals surface area contributed by atoms with Crippen LogP contribution in [0.1, 0.15) is 11.1 Å². The summed E-state index contributed by atoms with van der Waals surface area (Å²) in [4.78, 5) is 39.0. The molecule has 1 aliphatic heterocycles. The minimum Gasteiger partial charge on any atom is -0.493 e. The van der Waals surface area contributed by atoms with Crippen LogP contribution in [0.25, 0.3) is 6.08 Å². The lowest BCUT2D eigenvalue weighted by molar-refractivity contribution is -0.122. The lowest BCUT2D eigenvalue weighted by Crippen LogP contribution is -2.54. The van der Waals surface area contributed by atoms with Crippen molar-refractivity contribution in [3.05, 3.63) is 89.9 Å². The molecule has 0 spiro atoms. The quantitative estimate of drug-likeness (QED) is 0.191. The zero-order valence-corrected chi connectivity index (χ0v) is 23.5. The van der Waals surface area contributed by atoms with Gasteiger partial charge in [-0.05, 0) is 104 Å². The molecule has 3 aromatic rings. The summed E-state index contributed by atoms with van der Waals surface area (Å²) < 4.78 is 14.0. The number of carbonyl (C=O) groups is 3. The molecule has 178 valence electrons. The Hall–Kier alpha value is -2.70. The average molecular weight is 712 g/mol. The van der Waals surface area contributed by atoms with Crippen molar-refractivity contribution in [2.75, 3.05) is 12.0 Å². The maximum absolute atomic E-state index is 13.1. The third kappa shape index (κ3) is 5.76. The number of halogens is 3. The summed E-state index contributed by atoms with van der Waals surface area (Å²) in [5, 5.41) is 2.22. The number of anilines is 1. The second kappa shape index (κ2) is 10.9. The minimum atomic E-state index is -0.808. The molecule has 4 amide bonds.